The van der Waals surface area contributed by atoms with E-state index in [-0.39, 0.29) is 5.06 Å². The Morgan fingerprint density at radius 1 is 1.25 bits per heavy atom. The van der Waals surface area contributed by atoms with Crippen molar-refractivity contribution >= 4 is 17.1 Å². The van der Waals surface area contributed by atoms with Gasteiger partial charge in [-0.05, 0) is 16.9 Å². The third-order valence-corrected chi connectivity index (χ3v) is 3.42. The van der Waals surface area contributed by atoms with Crippen LogP contribution in [0.3, 0.4) is 0 Å². The quantitative estimate of drug-likeness (QED) is 0.454. The highest BCUT2D eigenvalue weighted by Gasteiger charge is 2.21. The van der Waals surface area contributed by atoms with E-state index in [0.717, 1.165) is 12.3 Å². The second-order valence-corrected chi connectivity index (χ2v) is 5.63. The van der Waals surface area contributed by atoms with Crippen molar-refractivity contribution in [3.8, 4) is 0 Å². The maximum Gasteiger partial charge on any atom is 0.0806 e. The Labute approximate surface area is 81.5 Å². The Bertz CT molecular complexity index is 119. The van der Waals surface area contributed by atoms with E-state index in [1.54, 1.807) is 0 Å². The molecule has 0 fully saturated rings. The van der Waals surface area contributed by atoms with E-state index < -0.39 is 0 Å². The van der Waals surface area contributed by atoms with Crippen molar-refractivity contribution in [2.24, 2.45) is 11.8 Å². The lowest BCUT2D eigenvalue weighted by Crippen LogP contribution is -2.27. The smallest absolute Gasteiger partial charge is 0.0806 e. The van der Waals surface area contributed by atoms with Crippen molar-refractivity contribution in [2.45, 2.75) is 52.0 Å². The van der Waals surface area contributed by atoms with Gasteiger partial charge in [0.15, 0.2) is 0 Å². The zero-order valence-corrected chi connectivity index (χ0v) is 10.1. The minimum atomic E-state index is -0.0467. The molecule has 0 rings (SSSR count). The first kappa shape index (κ1) is 12.5. The van der Waals surface area contributed by atoms with Gasteiger partial charge in [0.25, 0.3) is 0 Å². The van der Waals surface area contributed by atoms with Gasteiger partial charge in [-0.2, -0.15) is 0 Å². The molecule has 12 heavy (non-hydrogen) atoms. The van der Waals surface area contributed by atoms with E-state index in [4.69, 9.17) is 7.85 Å². The second kappa shape index (κ2) is 5.27. The van der Waals surface area contributed by atoms with Gasteiger partial charge in [0.1, 0.15) is 0 Å². The number of hydrogen-bond acceptors (Lipinski definition) is 0. The molecule has 0 aliphatic rings. The molecule has 2 unspecified atom stereocenters. The summed E-state index contributed by atoms with van der Waals surface area (Å²) in [5, 5.41) is -0.0467. The molecule has 0 amide bonds. The molecule has 0 spiro atoms. The molecule has 0 saturated heterocycles. The Balaban J connectivity index is 3.61. The van der Waals surface area contributed by atoms with Crippen LogP contribution in [0.4, 0.5) is 0 Å². The van der Waals surface area contributed by atoms with E-state index in [1.807, 2.05) is 0 Å². The van der Waals surface area contributed by atoms with Gasteiger partial charge < -0.3 is 0 Å². The van der Waals surface area contributed by atoms with Gasteiger partial charge in [0.05, 0.1) is 7.85 Å². The highest BCUT2D eigenvalue weighted by Crippen LogP contribution is 2.30. The third-order valence-electron chi connectivity index (χ3n) is 2.47. The predicted molar refractivity (Wildman–Crippen MR) is 61.7 cm³/mol. The summed E-state index contributed by atoms with van der Waals surface area (Å²) in [6, 6.07) is 0. The highest BCUT2D eigenvalue weighted by atomic mass is 31.0. The molecule has 0 aliphatic carbocycles. The Morgan fingerprint density at radius 2 is 1.75 bits per heavy atom. The zero-order chi connectivity index (χ0) is 9.78. The monoisotopic (exact) mass is 184 g/mol. The molecule has 0 heterocycles. The first-order valence-corrected chi connectivity index (χ1v) is 5.51. The predicted octanol–water partition coefficient (Wildman–Crippen LogP) is 3.21. The minimum Gasteiger partial charge on any atom is -0.140 e. The van der Waals surface area contributed by atoms with E-state index in [2.05, 4.69) is 36.9 Å². The van der Waals surface area contributed by atoms with Crippen LogP contribution in [0.2, 0.25) is 0 Å². The summed E-state index contributed by atoms with van der Waals surface area (Å²) in [5.74, 6) is 1.35. The summed E-state index contributed by atoms with van der Waals surface area (Å²) >= 11 is 0. The number of rotatable bonds is 5. The Kier molecular flexibility index (Phi) is 5.49. The molecule has 0 N–H and O–H groups in total. The van der Waals surface area contributed by atoms with Crippen molar-refractivity contribution in [1.82, 2.24) is 0 Å². The molecule has 70 valence electrons. The molecule has 0 nitrogen and oxygen atoms in total. The molecule has 0 bridgehead atoms. The molecular formula is C10H22BP. The van der Waals surface area contributed by atoms with Gasteiger partial charge in [-0.3, -0.25) is 0 Å². The summed E-state index contributed by atoms with van der Waals surface area (Å²) in [7, 11) is 8.90. The maximum absolute atomic E-state index is 6.11. The topological polar surface area (TPSA) is 0 Å². The first-order chi connectivity index (χ1) is 5.36. The second-order valence-electron chi connectivity index (χ2n) is 4.55. The molecule has 0 aromatic rings. The fraction of sp³-hybridized carbons (Fsp3) is 1.00. The molecule has 0 aromatic heterocycles. The van der Waals surface area contributed by atoms with Crippen molar-refractivity contribution < 1.29 is 0 Å². The van der Waals surface area contributed by atoms with Crippen molar-refractivity contribution in [1.29, 1.82) is 0 Å². The van der Waals surface area contributed by atoms with Crippen LogP contribution in [-0.4, -0.2) is 12.9 Å². The average Bonchev–Trinajstić information content (AvgIpc) is 1.85. The van der Waals surface area contributed by atoms with Gasteiger partial charge in [0, 0.05) is 0 Å². The normalized spacial score (nSPS) is 16.9. The van der Waals surface area contributed by atoms with Gasteiger partial charge in [-0.1, -0.05) is 47.0 Å². The summed E-state index contributed by atoms with van der Waals surface area (Å²) in [5.41, 5.74) is 0. The molecule has 2 radical (unpaired) electrons. The van der Waals surface area contributed by atoms with Crippen LogP contribution in [0.25, 0.3) is 0 Å². The van der Waals surface area contributed by atoms with Crippen LogP contribution < -0.4 is 0 Å². The van der Waals surface area contributed by atoms with Gasteiger partial charge in [0.2, 0.25) is 0 Å². The van der Waals surface area contributed by atoms with E-state index in [9.17, 15) is 0 Å². The van der Waals surface area contributed by atoms with Crippen LogP contribution in [0, 0.1) is 11.8 Å². The minimum absolute atomic E-state index is 0.0467. The van der Waals surface area contributed by atoms with E-state index in [1.165, 1.54) is 12.8 Å². The fourth-order valence-corrected chi connectivity index (χ4v) is 1.31. The average molecular weight is 184 g/mol. The van der Waals surface area contributed by atoms with Gasteiger partial charge >= 0.3 is 0 Å². The van der Waals surface area contributed by atoms with Crippen LogP contribution in [0.5, 0.6) is 0 Å². The summed E-state index contributed by atoms with van der Waals surface area (Å²) in [6.07, 6.45) is 3.66. The molecule has 2 heteroatoms. The van der Waals surface area contributed by atoms with Crippen molar-refractivity contribution in [3.05, 3.63) is 0 Å². The van der Waals surface area contributed by atoms with Crippen LogP contribution in [0.15, 0.2) is 0 Å². The lowest BCUT2D eigenvalue weighted by Gasteiger charge is -2.29. The first-order valence-electron chi connectivity index (χ1n) is 4.94. The number of hydrogen-bond donors (Lipinski definition) is 0. The Morgan fingerprint density at radius 3 is 2.08 bits per heavy atom. The van der Waals surface area contributed by atoms with Gasteiger partial charge in [-0.15, -0.1) is 9.24 Å². The standard InChI is InChI=1S/C10H22BP/c1-8(2)6-5-7-10(11,12)9(3)4/h8-9H,5-7,12H2,1-4H3. The lowest BCUT2D eigenvalue weighted by molar-refractivity contribution is 0.465. The summed E-state index contributed by atoms with van der Waals surface area (Å²) in [4.78, 5) is 0. The van der Waals surface area contributed by atoms with Crippen LogP contribution in [-0.2, 0) is 0 Å². The molecule has 2 atom stereocenters. The molecule has 0 aliphatic heterocycles. The largest absolute Gasteiger partial charge is 0.140 e. The van der Waals surface area contributed by atoms with E-state index in [0.29, 0.717) is 5.92 Å². The van der Waals surface area contributed by atoms with Crippen molar-refractivity contribution in [3.63, 3.8) is 0 Å². The van der Waals surface area contributed by atoms with E-state index >= 15 is 0 Å². The molecular weight excluding hydrogens is 162 g/mol. The fourth-order valence-electron chi connectivity index (χ4n) is 1.11. The SMILES string of the molecule is [B]C(P)(CCCC(C)C)C(C)C. The van der Waals surface area contributed by atoms with Gasteiger partial charge in [-0.25, -0.2) is 0 Å². The van der Waals surface area contributed by atoms with Crippen molar-refractivity contribution in [2.75, 3.05) is 0 Å². The maximum atomic E-state index is 6.11. The Hall–Kier alpha value is 0.495. The lowest BCUT2D eigenvalue weighted by atomic mass is 9.73. The molecule has 0 aromatic carbocycles. The molecule has 0 saturated carbocycles. The summed E-state index contributed by atoms with van der Waals surface area (Å²) < 4.78 is 0. The van der Waals surface area contributed by atoms with Crippen LogP contribution in [0.1, 0.15) is 47.0 Å². The summed E-state index contributed by atoms with van der Waals surface area (Å²) in [6.45, 7) is 8.89. The highest BCUT2D eigenvalue weighted by molar-refractivity contribution is 7.22. The third kappa shape index (κ3) is 5.20. The zero-order valence-electron chi connectivity index (χ0n) is 8.93. The van der Waals surface area contributed by atoms with Crippen LogP contribution >= 0.6 is 9.24 Å².